The number of rotatable bonds is 0. The van der Waals surface area contributed by atoms with E-state index in [1.54, 1.807) is 23.4 Å². The molecule has 0 aromatic carbocycles. The lowest BCUT2D eigenvalue weighted by Crippen LogP contribution is -2.34. The lowest BCUT2D eigenvalue weighted by Gasteiger charge is -2.34. The summed E-state index contributed by atoms with van der Waals surface area (Å²) in [5, 5.41) is 0. The first-order valence-electron chi connectivity index (χ1n) is 5.33. The second-order valence-electron chi connectivity index (χ2n) is 5.74. The fourth-order valence-electron chi connectivity index (χ4n) is 2.91. The predicted molar refractivity (Wildman–Crippen MR) is 67.9 cm³/mol. The summed E-state index contributed by atoms with van der Waals surface area (Å²) in [5.41, 5.74) is 4.02. The molecule has 0 amide bonds. The fraction of sp³-hybridized carbons (Fsp3) is 1.00. The molecule has 75 valence electrons. The van der Waals surface area contributed by atoms with Crippen LogP contribution in [0.2, 0.25) is 43.1 Å². The number of hydrogen-bond donors (Lipinski definition) is 0. The molecule has 0 atom stereocenters. The van der Waals surface area contributed by atoms with Gasteiger partial charge in [0.05, 0.1) is 0 Å². The average molecular weight is 228 g/mol. The lowest BCUT2D eigenvalue weighted by atomic mass is 10.00. The number of hydrogen-bond acceptors (Lipinski definition) is 0. The second-order valence-corrected chi connectivity index (χ2v) is 15.0. The molecule has 0 N–H and O–H groups in total. The molecule has 0 nitrogen and oxygen atoms in total. The first kappa shape index (κ1) is 11.7. The van der Waals surface area contributed by atoms with E-state index in [0.717, 1.165) is 0 Å². The summed E-state index contributed by atoms with van der Waals surface area (Å²) in [5.74, 6) is 0. The van der Waals surface area contributed by atoms with Crippen LogP contribution in [0.1, 0.15) is 13.8 Å². The van der Waals surface area contributed by atoms with Gasteiger partial charge in [-0.15, -0.1) is 0 Å². The van der Waals surface area contributed by atoms with Crippen molar-refractivity contribution in [3.63, 3.8) is 0 Å². The minimum atomic E-state index is 0.0314. The van der Waals surface area contributed by atoms with Crippen molar-refractivity contribution in [2.45, 2.75) is 56.9 Å². The average Bonchev–Trinajstić information content (AvgIpc) is 1.78. The fourth-order valence-corrected chi connectivity index (χ4v) is 17.5. The van der Waals surface area contributed by atoms with Gasteiger partial charge in [-0.2, -0.15) is 0 Å². The van der Waals surface area contributed by atoms with Crippen molar-refractivity contribution in [3.8, 4) is 0 Å². The van der Waals surface area contributed by atoms with Crippen LogP contribution in [0.15, 0.2) is 0 Å². The lowest BCUT2D eigenvalue weighted by molar-refractivity contribution is 0.459. The van der Waals surface area contributed by atoms with Gasteiger partial charge in [0.1, 0.15) is 0 Å². The molecular weight excluding hydrogens is 204 g/mol. The molecule has 1 aliphatic heterocycles. The summed E-state index contributed by atoms with van der Waals surface area (Å²) in [6.07, 6.45) is 0. The van der Waals surface area contributed by atoms with Gasteiger partial charge in [-0.25, -0.2) is 0 Å². The van der Waals surface area contributed by atoms with Crippen molar-refractivity contribution in [2.24, 2.45) is 5.41 Å². The van der Waals surface area contributed by atoms with Crippen LogP contribution in [0.5, 0.6) is 0 Å². The molecule has 1 saturated heterocycles. The Kier molecular flexibility index (Phi) is 4.01. The van der Waals surface area contributed by atoms with Gasteiger partial charge in [-0.1, -0.05) is 56.9 Å². The second kappa shape index (κ2) is 4.45. The normalized spacial score (nSPS) is 28.4. The molecule has 0 aliphatic carbocycles. The van der Waals surface area contributed by atoms with E-state index in [0.29, 0.717) is 5.41 Å². The standard InChI is InChI=1S/C10H23Si3/c1-10(2)6-11(3)8-13(5)9-12(4)7-10/h6-9H2,1-5H3. The van der Waals surface area contributed by atoms with Crippen LogP contribution >= 0.6 is 0 Å². The Morgan fingerprint density at radius 1 is 0.769 bits per heavy atom. The van der Waals surface area contributed by atoms with Crippen molar-refractivity contribution in [2.75, 3.05) is 0 Å². The van der Waals surface area contributed by atoms with Crippen molar-refractivity contribution in [3.05, 3.63) is 0 Å². The molecule has 0 bridgehead atoms. The van der Waals surface area contributed by atoms with Gasteiger partial charge in [0.15, 0.2) is 0 Å². The van der Waals surface area contributed by atoms with Gasteiger partial charge in [0.2, 0.25) is 0 Å². The summed E-state index contributed by atoms with van der Waals surface area (Å²) >= 11 is 0. The van der Waals surface area contributed by atoms with Gasteiger partial charge in [0.25, 0.3) is 0 Å². The third-order valence-corrected chi connectivity index (χ3v) is 15.5. The third-order valence-electron chi connectivity index (χ3n) is 2.77. The minimum absolute atomic E-state index is 0.0314. The van der Waals surface area contributed by atoms with Crippen LogP contribution in [0.25, 0.3) is 0 Å². The highest BCUT2D eigenvalue weighted by Gasteiger charge is 2.29. The van der Waals surface area contributed by atoms with Gasteiger partial charge >= 0.3 is 0 Å². The predicted octanol–water partition coefficient (Wildman–Crippen LogP) is 3.48. The van der Waals surface area contributed by atoms with Crippen molar-refractivity contribution >= 4 is 26.4 Å². The molecule has 3 heteroatoms. The Morgan fingerprint density at radius 2 is 1.15 bits per heavy atom. The first-order chi connectivity index (χ1) is 5.89. The van der Waals surface area contributed by atoms with Gasteiger partial charge in [0, 0.05) is 26.4 Å². The van der Waals surface area contributed by atoms with Crippen molar-refractivity contribution < 1.29 is 0 Å². The summed E-state index contributed by atoms with van der Waals surface area (Å²) in [7, 11) is 0.154. The van der Waals surface area contributed by atoms with E-state index in [-0.39, 0.29) is 26.4 Å². The van der Waals surface area contributed by atoms with E-state index in [9.17, 15) is 0 Å². The Hall–Kier alpha value is 0.651. The molecule has 0 spiro atoms. The monoisotopic (exact) mass is 227 g/mol. The van der Waals surface area contributed by atoms with Gasteiger partial charge in [-0.3, -0.25) is 0 Å². The van der Waals surface area contributed by atoms with Crippen molar-refractivity contribution in [1.82, 2.24) is 0 Å². The highest BCUT2D eigenvalue weighted by atomic mass is 28.4. The Labute approximate surface area is 89.0 Å². The maximum atomic E-state index is 2.57. The minimum Gasteiger partial charge on any atom is -0.0715 e. The molecular formula is C10H23Si3. The summed E-state index contributed by atoms with van der Waals surface area (Å²) < 4.78 is 0. The first-order valence-corrected chi connectivity index (χ1v) is 12.6. The highest BCUT2D eigenvalue weighted by Crippen LogP contribution is 2.34. The molecule has 1 fully saturated rings. The molecule has 1 heterocycles. The van der Waals surface area contributed by atoms with E-state index < -0.39 is 0 Å². The summed E-state index contributed by atoms with van der Waals surface area (Å²) in [6.45, 7) is 12.7. The molecule has 0 saturated carbocycles. The molecule has 0 aromatic rings. The summed E-state index contributed by atoms with van der Waals surface area (Å²) in [6, 6.07) is 3.14. The van der Waals surface area contributed by atoms with Crippen LogP contribution in [0, 0.1) is 5.41 Å². The SMILES string of the molecule is C[Si]1C[Si](C)CC(C)(C)C[Si](C)C1. The van der Waals surface area contributed by atoms with E-state index >= 15 is 0 Å². The van der Waals surface area contributed by atoms with Crippen LogP contribution in [-0.4, -0.2) is 26.4 Å². The van der Waals surface area contributed by atoms with Crippen molar-refractivity contribution in [1.29, 1.82) is 0 Å². The Bertz CT molecular complexity index is 152. The van der Waals surface area contributed by atoms with E-state index in [1.807, 2.05) is 0 Å². The maximum absolute atomic E-state index is 2.57. The zero-order valence-electron chi connectivity index (χ0n) is 9.83. The zero-order valence-corrected chi connectivity index (χ0v) is 12.8. The molecule has 3 radical (unpaired) electrons. The smallest absolute Gasteiger partial charge is 0.0420 e. The molecule has 13 heavy (non-hydrogen) atoms. The molecule has 0 aromatic heterocycles. The third kappa shape index (κ3) is 4.13. The quantitative estimate of drug-likeness (QED) is 0.556. The largest absolute Gasteiger partial charge is 0.0715 e. The molecule has 1 rings (SSSR count). The summed E-state index contributed by atoms with van der Waals surface area (Å²) in [4.78, 5) is 0. The maximum Gasteiger partial charge on any atom is 0.0420 e. The Balaban J connectivity index is 2.59. The molecule has 1 aliphatic rings. The molecule has 0 unspecified atom stereocenters. The van der Waals surface area contributed by atoms with Crippen LogP contribution in [0.3, 0.4) is 0 Å². The van der Waals surface area contributed by atoms with Crippen LogP contribution < -0.4 is 0 Å². The van der Waals surface area contributed by atoms with Gasteiger partial charge in [-0.05, 0) is 5.41 Å². The van der Waals surface area contributed by atoms with E-state index in [1.165, 1.54) is 0 Å². The highest BCUT2D eigenvalue weighted by molar-refractivity contribution is 6.84. The topological polar surface area (TPSA) is 0 Å². The van der Waals surface area contributed by atoms with Crippen LogP contribution in [-0.2, 0) is 0 Å². The van der Waals surface area contributed by atoms with Gasteiger partial charge < -0.3 is 0 Å². The van der Waals surface area contributed by atoms with Crippen LogP contribution in [0.4, 0.5) is 0 Å². The Morgan fingerprint density at radius 3 is 1.54 bits per heavy atom. The zero-order chi connectivity index (χ0) is 10.1. The van der Waals surface area contributed by atoms with E-state index in [4.69, 9.17) is 0 Å². The van der Waals surface area contributed by atoms with E-state index in [2.05, 4.69) is 33.5 Å².